The van der Waals surface area contributed by atoms with Gasteiger partial charge in [0.15, 0.2) is 9.84 Å². The van der Waals surface area contributed by atoms with Crippen molar-refractivity contribution in [3.05, 3.63) is 59.7 Å². The molecule has 21 heavy (non-hydrogen) atoms. The zero-order chi connectivity index (χ0) is 15.5. The van der Waals surface area contributed by atoms with Gasteiger partial charge in [-0.3, -0.25) is 0 Å². The van der Waals surface area contributed by atoms with Crippen LogP contribution in [0.3, 0.4) is 0 Å². The Morgan fingerprint density at radius 1 is 1.19 bits per heavy atom. The van der Waals surface area contributed by atoms with Crippen molar-refractivity contribution in [3.63, 3.8) is 0 Å². The van der Waals surface area contributed by atoms with E-state index in [0.717, 1.165) is 11.1 Å². The van der Waals surface area contributed by atoms with Crippen LogP contribution in [0.5, 0.6) is 5.75 Å². The van der Waals surface area contributed by atoms with Crippen LogP contribution in [0.15, 0.2) is 53.4 Å². The quantitative estimate of drug-likeness (QED) is 0.856. The van der Waals surface area contributed by atoms with Gasteiger partial charge in [0.25, 0.3) is 0 Å². The maximum atomic E-state index is 11.5. The predicted octanol–water partition coefficient (Wildman–Crippen LogP) is 2.30. The molecule has 0 radical (unpaired) electrons. The Kier molecular flexibility index (Phi) is 4.59. The molecule has 110 valence electrons. The van der Waals surface area contributed by atoms with E-state index in [2.05, 4.69) is 0 Å². The fourth-order valence-corrected chi connectivity index (χ4v) is 2.52. The summed E-state index contributed by atoms with van der Waals surface area (Å²) in [4.78, 5) is 0.590. The Bertz CT molecular complexity index is 753. The molecule has 2 rings (SSSR count). The van der Waals surface area contributed by atoms with E-state index in [1.807, 2.05) is 24.3 Å². The lowest BCUT2D eigenvalue weighted by atomic mass is 10.1. The smallest absolute Gasteiger partial charge is 0.175 e. The van der Waals surface area contributed by atoms with Gasteiger partial charge < -0.3 is 10.5 Å². The van der Waals surface area contributed by atoms with Gasteiger partial charge in [-0.25, -0.2) is 8.42 Å². The third kappa shape index (κ3) is 4.27. The Hall–Kier alpha value is -1.92. The summed E-state index contributed by atoms with van der Waals surface area (Å²) in [5.74, 6) is 0.511. The minimum atomic E-state index is -3.23. The Labute approximate surface area is 129 Å². The van der Waals surface area contributed by atoms with Crippen LogP contribution in [0.4, 0.5) is 0 Å². The first kappa shape index (κ1) is 15.5. The number of thiocarbonyl (C=S) groups is 1. The first-order chi connectivity index (χ1) is 9.86. The molecule has 0 atom stereocenters. The van der Waals surface area contributed by atoms with Crippen LogP contribution >= 0.6 is 12.2 Å². The third-order valence-electron chi connectivity index (χ3n) is 2.88. The summed E-state index contributed by atoms with van der Waals surface area (Å²) >= 11 is 4.89. The van der Waals surface area contributed by atoms with Crippen molar-refractivity contribution in [3.8, 4) is 5.75 Å². The van der Waals surface area contributed by atoms with E-state index in [4.69, 9.17) is 22.7 Å². The van der Waals surface area contributed by atoms with Crippen molar-refractivity contribution in [2.75, 3.05) is 6.26 Å². The largest absolute Gasteiger partial charge is 0.489 e. The number of hydrogen-bond donors (Lipinski definition) is 1. The van der Waals surface area contributed by atoms with E-state index in [1.165, 1.54) is 12.3 Å². The summed E-state index contributed by atoms with van der Waals surface area (Å²) in [5, 5.41) is 0. The highest BCUT2D eigenvalue weighted by Crippen LogP contribution is 2.18. The highest BCUT2D eigenvalue weighted by molar-refractivity contribution is 7.90. The van der Waals surface area contributed by atoms with E-state index >= 15 is 0 Å². The molecule has 0 aliphatic carbocycles. The van der Waals surface area contributed by atoms with E-state index in [-0.39, 0.29) is 4.90 Å². The number of rotatable bonds is 5. The molecule has 2 aromatic rings. The lowest BCUT2D eigenvalue weighted by Gasteiger charge is -2.08. The monoisotopic (exact) mass is 321 g/mol. The summed E-state index contributed by atoms with van der Waals surface area (Å²) in [6.45, 7) is 0.338. The van der Waals surface area contributed by atoms with E-state index in [1.54, 1.807) is 18.2 Å². The van der Waals surface area contributed by atoms with Crippen molar-refractivity contribution in [2.45, 2.75) is 11.5 Å². The molecule has 2 N–H and O–H groups in total. The molecule has 0 spiro atoms. The molecule has 0 aromatic heterocycles. The second kappa shape index (κ2) is 6.24. The average molecular weight is 321 g/mol. The molecule has 0 heterocycles. The third-order valence-corrected chi connectivity index (χ3v) is 4.22. The van der Waals surface area contributed by atoms with Crippen LogP contribution in [0.25, 0.3) is 0 Å². The van der Waals surface area contributed by atoms with E-state index in [9.17, 15) is 8.42 Å². The van der Waals surface area contributed by atoms with Gasteiger partial charge in [0.05, 0.1) is 4.90 Å². The molecule has 0 fully saturated rings. The van der Waals surface area contributed by atoms with Gasteiger partial charge in [0.2, 0.25) is 0 Å². The van der Waals surface area contributed by atoms with Crippen LogP contribution in [0.1, 0.15) is 11.1 Å². The van der Waals surface area contributed by atoms with Crippen molar-refractivity contribution in [1.29, 1.82) is 0 Å². The van der Waals surface area contributed by atoms with Crippen molar-refractivity contribution < 1.29 is 13.2 Å². The zero-order valence-corrected chi connectivity index (χ0v) is 13.1. The molecule has 0 aliphatic heterocycles. The Morgan fingerprint density at radius 3 is 2.43 bits per heavy atom. The number of ether oxygens (including phenoxy) is 1. The van der Waals surface area contributed by atoms with Gasteiger partial charge in [0, 0.05) is 11.8 Å². The zero-order valence-electron chi connectivity index (χ0n) is 11.4. The van der Waals surface area contributed by atoms with Gasteiger partial charge in [-0.15, -0.1) is 0 Å². The van der Waals surface area contributed by atoms with Crippen LogP contribution in [-0.4, -0.2) is 19.7 Å². The molecule has 0 saturated carbocycles. The maximum absolute atomic E-state index is 11.5. The normalized spacial score (nSPS) is 11.1. The summed E-state index contributed by atoms with van der Waals surface area (Å²) in [7, 11) is -3.23. The molecule has 0 amide bonds. The van der Waals surface area contributed by atoms with Gasteiger partial charge >= 0.3 is 0 Å². The molecular formula is C15H15NO3S2. The summed E-state index contributed by atoms with van der Waals surface area (Å²) in [5.41, 5.74) is 7.27. The average Bonchev–Trinajstić information content (AvgIpc) is 2.45. The van der Waals surface area contributed by atoms with Crippen LogP contribution < -0.4 is 10.5 Å². The maximum Gasteiger partial charge on any atom is 0.175 e. The van der Waals surface area contributed by atoms with Crippen molar-refractivity contribution in [1.82, 2.24) is 0 Å². The van der Waals surface area contributed by atoms with E-state index in [0.29, 0.717) is 17.3 Å². The molecule has 0 unspecified atom stereocenters. The van der Waals surface area contributed by atoms with Crippen LogP contribution in [0, 0.1) is 0 Å². The molecule has 2 aromatic carbocycles. The second-order valence-corrected chi connectivity index (χ2v) is 7.05. The fraction of sp³-hybridized carbons (Fsp3) is 0.133. The Balaban J connectivity index is 2.08. The van der Waals surface area contributed by atoms with Crippen LogP contribution in [-0.2, 0) is 16.4 Å². The van der Waals surface area contributed by atoms with Crippen molar-refractivity contribution in [2.24, 2.45) is 5.73 Å². The molecule has 0 saturated heterocycles. The lowest BCUT2D eigenvalue weighted by molar-refractivity contribution is 0.305. The lowest BCUT2D eigenvalue weighted by Crippen LogP contribution is -2.09. The minimum Gasteiger partial charge on any atom is -0.489 e. The fourth-order valence-electron chi connectivity index (χ4n) is 1.73. The molecular weight excluding hydrogens is 306 g/mol. The number of benzene rings is 2. The SMILES string of the molecule is CS(=O)(=O)c1cccc(OCc2ccc(C(N)=S)cc2)c1. The molecule has 0 aliphatic rings. The molecule has 0 bridgehead atoms. The first-order valence-electron chi connectivity index (χ1n) is 6.18. The van der Waals surface area contributed by atoms with Gasteiger partial charge in [-0.2, -0.15) is 0 Å². The molecule has 4 nitrogen and oxygen atoms in total. The first-order valence-corrected chi connectivity index (χ1v) is 8.48. The van der Waals surface area contributed by atoms with Gasteiger partial charge in [0.1, 0.15) is 17.3 Å². The predicted molar refractivity (Wildman–Crippen MR) is 86.2 cm³/mol. The van der Waals surface area contributed by atoms with E-state index < -0.39 is 9.84 Å². The standard InChI is InChI=1S/C15H15NO3S2/c1-21(17,18)14-4-2-3-13(9-14)19-10-11-5-7-12(8-6-11)15(16)20/h2-9H,10H2,1H3,(H2,16,20). The number of nitrogens with two attached hydrogens (primary N) is 1. The number of hydrogen-bond acceptors (Lipinski definition) is 4. The Morgan fingerprint density at radius 2 is 1.86 bits per heavy atom. The number of sulfone groups is 1. The van der Waals surface area contributed by atoms with Gasteiger partial charge in [-0.1, -0.05) is 42.5 Å². The molecule has 6 heteroatoms. The van der Waals surface area contributed by atoms with Gasteiger partial charge in [-0.05, 0) is 23.8 Å². The van der Waals surface area contributed by atoms with Crippen molar-refractivity contribution >= 4 is 27.0 Å². The van der Waals surface area contributed by atoms with Crippen LogP contribution in [0.2, 0.25) is 0 Å². The summed E-state index contributed by atoms with van der Waals surface area (Å²) < 4.78 is 28.6. The second-order valence-electron chi connectivity index (χ2n) is 4.60. The summed E-state index contributed by atoms with van der Waals surface area (Å²) in [6, 6.07) is 13.8. The highest BCUT2D eigenvalue weighted by atomic mass is 32.2. The minimum absolute atomic E-state index is 0.240. The highest BCUT2D eigenvalue weighted by Gasteiger charge is 2.07. The summed E-state index contributed by atoms with van der Waals surface area (Å²) in [6.07, 6.45) is 1.17. The topological polar surface area (TPSA) is 69.4 Å².